The third-order valence-corrected chi connectivity index (χ3v) is 4.10. The van der Waals surface area contributed by atoms with Gasteiger partial charge in [-0.15, -0.1) is 0 Å². The molecule has 0 heterocycles. The Morgan fingerprint density at radius 3 is 2.33 bits per heavy atom. The van der Waals surface area contributed by atoms with Gasteiger partial charge in [0.25, 0.3) is 0 Å². The van der Waals surface area contributed by atoms with Crippen LogP contribution in [0.25, 0.3) is 4.98 Å². The van der Waals surface area contributed by atoms with Gasteiger partial charge in [-0.3, -0.25) is 0 Å². The van der Waals surface area contributed by atoms with Gasteiger partial charge < -0.3 is 8.92 Å². The number of aryl methyl sites for hydroxylation is 1. The largest absolute Gasteiger partial charge is 0.497 e. The predicted molar refractivity (Wildman–Crippen MR) is 76.7 cm³/mol. The van der Waals surface area contributed by atoms with Crippen LogP contribution in [-0.4, -0.2) is 15.5 Å². The highest BCUT2D eigenvalue weighted by Crippen LogP contribution is 2.33. The van der Waals surface area contributed by atoms with E-state index in [1.54, 1.807) is 19.1 Å². The van der Waals surface area contributed by atoms with E-state index >= 15 is 0 Å². The fourth-order valence-corrected chi connectivity index (χ4v) is 2.67. The van der Waals surface area contributed by atoms with Gasteiger partial charge in [0.2, 0.25) is 11.1 Å². The highest BCUT2D eigenvalue weighted by molar-refractivity contribution is 7.87. The molecule has 0 saturated heterocycles. The third-order valence-electron chi connectivity index (χ3n) is 2.85. The van der Waals surface area contributed by atoms with Crippen molar-refractivity contribution in [2.24, 2.45) is 0 Å². The van der Waals surface area contributed by atoms with Gasteiger partial charge in [-0.05, 0) is 37.3 Å². The molecule has 0 radical (unpaired) electrons. The number of methoxy groups -OCH3 is 1. The van der Waals surface area contributed by atoms with Crippen molar-refractivity contribution in [3.63, 3.8) is 0 Å². The number of diazo groups is 1. The van der Waals surface area contributed by atoms with Gasteiger partial charge in [0, 0.05) is 5.56 Å². The zero-order valence-corrected chi connectivity index (χ0v) is 12.3. The van der Waals surface area contributed by atoms with E-state index in [4.69, 9.17) is 14.3 Å². The fraction of sp³-hybridized carbons (Fsp3) is 0.143. The average Bonchev–Trinajstić information content (AvgIpc) is 2.47. The van der Waals surface area contributed by atoms with Gasteiger partial charge in [-0.1, -0.05) is 12.1 Å². The number of hydrogen-bond acceptors (Lipinski definition) is 5. The lowest BCUT2D eigenvalue weighted by molar-refractivity contribution is 0.414. The van der Waals surface area contributed by atoms with Crippen LogP contribution in [0.15, 0.2) is 47.4 Å². The quantitative estimate of drug-likeness (QED) is 0.639. The first-order valence-corrected chi connectivity index (χ1v) is 7.42. The minimum absolute atomic E-state index is 0.0197. The van der Waals surface area contributed by atoms with Crippen molar-refractivity contribution in [3.05, 3.63) is 53.0 Å². The Labute approximate surface area is 122 Å². The average molecular weight is 305 g/mol. The Kier molecular flexibility index (Phi) is 4.10. The van der Waals surface area contributed by atoms with E-state index in [0.29, 0.717) is 11.3 Å². The fourth-order valence-electron chi connectivity index (χ4n) is 1.74. The van der Waals surface area contributed by atoms with Crippen LogP contribution in [0.2, 0.25) is 0 Å². The van der Waals surface area contributed by atoms with Crippen molar-refractivity contribution in [2.45, 2.75) is 11.8 Å². The Balaban J connectivity index is 2.38. The molecule has 6 nitrogen and oxygen atoms in total. The maximum Gasteiger partial charge on any atom is 0.430 e. The molecule has 0 unspecified atom stereocenters. The van der Waals surface area contributed by atoms with Crippen molar-refractivity contribution in [3.8, 4) is 11.5 Å². The molecule has 0 spiro atoms. The lowest BCUT2D eigenvalue weighted by Crippen LogP contribution is -2.09. The SMILES string of the molecule is COc1ccc(S(=O)(=O)Oc2cccc(C)c2[N+]#N)cc1. The highest BCUT2D eigenvalue weighted by Gasteiger charge is 2.25. The predicted octanol–water partition coefficient (Wildman–Crippen LogP) is 3.26. The number of hydrogen-bond donors (Lipinski definition) is 0. The summed E-state index contributed by atoms with van der Waals surface area (Å²) >= 11 is 0. The van der Waals surface area contributed by atoms with E-state index in [1.807, 2.05) is 0 Å². The molecule has 21 heavy (non-hydrogen) atoms. The van der Waals surface area contributed by atoms with Crippen LogP contribution in [0, 0.1) is 12.3 Å². The summed E-state index contributed by atoms with van der Waals surface area (Å²) < 4.78 is 34.4. The van der Waals surface area contributed by atoms with E-state index in [9.17, 15) is 8.42 Å². The summed E-state index contributed by atoms with van der Waals surface area (Å²) in [6, 6.07) is 10.5. The number of benzene rings is 2. The molecule has 0 fully saturated rings. The topological polar surface area (TPSA) is 80.8 Å². The Morgan fingerprint density at radius 1 is 1.10 bits per heavy atom. The Hall–Kier alpha value is -2.59. The standard InChI is InChI=1S/C14H13N2O4S/c1-10-4-3-5-13(14(10)16-15)20-21(17,18)12-8-6-11(19-2)7-9-12/h3-9H,1-2H3/q+1. The van der Waals surface area contributed by atoms with Crippen LogP contribution >= 0.6 is 0 Å². The van der Waals surface area contributed by atoms with Crippen molar-refractivity contribution >= 4 is 15.8 Å². The molecule has 0 amide bonds. The lowest BCUT2D eigenvalue weighted by Gasteiger charge is -2.06. The van der Waals surface area contributed by atoms with Gasteiger partial charge >= 0.3 is 15.8 Å². The van der Waals surface area contributed by atoms with Crippen molar-refractivity contribution < 1.29 is 17.3 Å². The molecule has 0 aliphatic heterocycles. The Morgan fingerprint density at radius 2 is 1.76 bits per heavy atom. The van der Waals surface area contributed by atoms with E-state index in [2.05, 4.69) is 4.98 Å². The molecule has 0 aliphatic rings. The first kappa shape index (κ1) is 14.8. The molecule has 108 valence electrons. The minimum atomic E-state index is -4.01. The smallest absolute Gasteiger partial charge is 0.430 e. The molecule has 0 saturated carbocycles. The van der Waals surface area contributed by atoms with E-state index < -0.39 is 10.1 Å². The summed E-state index contributed by atoms with van der Waals surface area (Å²) in [5.41, 5.74) is 0.675. The van der Waals surface area contributed by atoms with E-state index in [1.165, 1.54) is 37.4 Å². The summed E-state index contributed by atoms with van der Waals surface area (Å²) in [5, 5.41) is 8.97. The molecular formula is C14H13N2O4S+. The monoisotopic (exact) mass is 305 g/mol. The second kappa shape index (κ2) is 5.81. The van der Waals surface area contributed by atoms with Gasteiger partial charge in [0.15, 0.2) is 4.98 Å². The molecule has 2 aromatic rings. The molecule has 2 aromatic carbocycles. The van der Waals surface area contributed by atoms with Crippen LogP contribution < -0.4 is 8.92 Å². The molecule has 0 atom stereocenters. The van der Waals surface area contributed by atoms with Gasteiger partial charge in [-0.2, -0.15) is 8.42 Å². The first-order chi connectivity index (χ1) is 9.97. The summed E-state index contributed by atoms with van der Waals surface area (Å²) in [6.45, 7) is 1.68. The van der Waals surface area contributed by atoms with Gasteiger partial charge in [0.05, 0.1) is 7.11 Å². The van der Waals surface area contributed by atoms with Crippen LogP contribution in [0.4, 0.5) is 5.69 Å². The second-order valence-electron chi connectivity index (χ2n) is 4.23. The summed E-state index contributed by atoms with van der Waals surface area (Å²) in [6.07, 6.45) is 0. The normalized spacial score (nSPS) is 10.7. The summed E-state index contributed by atoms with van der Waals surface area (Å²) in [7, 11) is -2.53. The summed E-state index contributed by atoms with van der Waals surface area (Å²) in [5.74, 6) is 0.504. The van der Waals surface area contributed by atoms with Crippen LogP contribution in [0.1, 0.15) is 5.56 Å². The highest BCUT2D eigenvalue weighted by atomic mass is 32.2. The molecule has 0 aromatic heterocycles. The number of rotatable bonds is 4. The van der Waals surface area contributed by atoms with Crippen molar-refractivity contribution in [1.29, 1.82) is 5.39 Å². The second-order valence-corrected chi connectivity index (χ2v) is 5.78. The molecule has 0 bridgehead atoms. The maximum absolute atomic E-state index is 12.2. The zero-order chi connectivity index (χ0) is 15.5. The van der Waals surface area contributed by atoms with E-state index in [0.717, 1.165) is 0 Å². The number of ether oxygens (including phenoxy) is 1. The van der Waals surface area contributed by atoms with Gasteiger partial charge in [-0.25, -0.2) is 0 Å². The first-order valence-electron chi connectivity index (χ1n) is 6.01. The van der Waals surface area contributed by atoms with Crippen molar-refractivity contribution in [1.82, 2.24) is 0 Å². The summed E-state index contributed by atoms with van der Waals surface area (Å²) in [4.78, 5) is 3.05. The van der Waals surface area contributed by atoms with Crippen LogP contribution in [0.3, 0.4) is 0 Å². The van der Waals surface area contributed by atoms with Crippen molar-refractivity contribution in [2.75, 3.05) is 7.11 Å². The molecule has 7 heteroatoms. The Bertz CT molecular complexity index is 793. The van der Waals surface area contributed by atoms with Crippen LogP contribution in [0.5, 0.6) is 11.5 Å². The van der Waals surface area contributed by atoms with Crippen LogP contribution in [-0.2, 0) is 10.1 Å². The molecule has 0 aliphatic carbocycles. The minimum Gasteiger partial charge on any atom is -0.497 e. The van der Waals surface area contributed by atoms with E-state index in [-0.39, 0.29) is 16.3 Å². The zero-order valence-electron chi connectivity index (χ0n) is 11.5. The van der Waals surface area contributed by atoms with Gasteiger partial charge in [0.1, 0.15) is 10.6 Å². The third kappa shape index (κ3) is 3.12. The lowest BCUT2D eigenvalue weighted by atomic mass is 10.2. The number of nitrogens with zero attached hydrogens (tertiary/aromatic N) is 2. The molecule has 2 rings (SSSR count). The maximum atomic E-state index is 12.2. The molecule has 0 N–H and O–H groups in total. The molecular weight excluding hydrogens is 292 g/mol.